The molecular weight excluding hydrogens is 338 g/mol. The van der Waals surface area contributed by atoms with Crippen LogP contribution in [0.2, 0.25) is 0 Å². The molecule has 0 radical (unpaired) electrons. The molecule has 1 amide bonds. The lowest BCUT2D eigenvalue weighted by molar-refractivity contribution is -0.119. The minimum atomic E-state index is -3.61. The van der Waals surface area contributed by atoms with Crippen molar-refractivity contribution in [2.75, 3.05) is 25.4 Å². The van der Waals surface area contributed by atoms with Crippen molar-refractivity contribution in [2.24, 2.45) is 5.73 Å². The maximum absolute atomic E-state index is 12.2. The minimum Gasteiger partial charge on any atom is -0.347 e. The predicted molar refractivity (Wildman–Crippen MR) is 101 cm³/mol. The Hall–Kier alpha value is -1.96. The number of carbonyl (C=O) groups is 1. The summed E-state index contributed by atoms with van der Waals surface area (Å²) in [7, 11) is -3.61. The molecule has 3 N–H and O–H groups in total. The molecule has 136 valence electrons. The number of benzene rings is 2. The number of nitrogens with one attached hydrogen (secondary N) is 1. The van der Waals surface area contributed by atoms with E-state index in [-0.39, 0.29) is 6.54 Å². The van der Waals surface area contributed by atoms with E-state index >= 15 is 0 Å². The van der Waals surface area contributed by atoms with Gasteiger partial charge in [0.25, 0.3) is 0 Å². The summed E-state index contributed by atoms with van der Waals surface area (Å²) < 4.78 is 25.7. The zero-order chi connectivity index (χ0) is 18.4. The standard InChI is InChI=1S/C18H25N3O3S/c1-3-21(4-2)25(23,24)13-18(22)20-17(12-19)16-10-9-14-7-5-6-8-15(14)11-16/h5-11,17H,3-4,12-13,19H2,1-2H3,(H,20,22). The third-order valence-corrected chi connectivity index (χ3v) is 6.09. The highest BCUT2D eigenvalue weighted by Gasteiger charge is 2.24. The summed E-state index contributed by atoms with van der Waals surface area (Å²) in [5.41, 5.74) is 6.65. The van der Waals surface area contributed by atoms with E-state index < -0.39 is 27.7 Å². The van der Waals surface area contributed by atoms with Gasteiger partial charge < -0.3 is 11.1 Å². The van der Waals surface area contributed by atoms with Crippen molar-refractivity contribution in [1.29, 1.82) is 0 Å². The number of hydrogen-bond donors (Lipinski definition) is 2. The SMILES string of the molecule is CCN(CC)S(=O)(=O)CC(=O)NC(CN)c1ccc2ccccc2c1. The van der Waals surface area contributed by atoms with Gasteiger partial charge in [-0.1, -0.05) is 50.2 Å². The molecule has 0 bridgehead atoms. The van der Waals surface area contributed by atoms with Gasteiger partial charge in [0.1, 0.15) is 5.75 Å². The number of sulfonamides is 1. The van der Waals surface area contributed by atoms with Gasteiger partial charge in [0.2, 0.25) is 15.9 Å². The summed E-state index contributed by atoms with van der Waals surface area (Å²) in [5.74, 6) is -1.12. The maximum Gasteiger partial charge on any atom is 0.237 e. The summed E-state index contributed by atoms with van der Waals surface area (Å²) in [5, 5.41) is 4.88. The quantitative estimate of drug-likeness (QED) is 0.745. The van der Waals surface area contributed by atoms with E-state index in [0.29, 0.717) is 13.1 Å². The smallest absolute Gasteiger partial charge is 0.237 e. The Bertz CT molecular complexity index is 832. The molecule has 0 heterocycles. The Morgan fingerprint density at radius 1 is 1.12 bits per heavy atom. The highest BCUT2D eigenvalue weighted by Crippen LogP contribution is 2.20. The highest BCUT2D eigenvalue weighted by molar-refractivity contribution is 7.89. The highest BCUT2D eigenvalue weighted by atomic mass is 32.2. The number of nitrogens with zero attached hydrogens (tertiary/aromatic N) is 1. The van der Waals surface area contributed by atoms with Crippen LogP contribution in [0.1, 0.15) is 25.5 Å². The fraction of sp³-hybridized carbons (Fsp3) is 0.389. The second-order valence-corrected chi connectivity index (χ2v) is 7.77. The normalized spacial score (nSPS) is 13.1. The summed E-state index contributed by atoms with van der Waals surface area (Å²) in [6.07, 6.45) is 0. The van der Waals surface area contributed by atoms with Crippen LogP contribution in [0.4, 0.5) is 0 Å². The average Bonchev–Trinajstić information content (AvgIpc) is 2.59. The Labute approximate surface area is 149 Å². The maximum atomic E-state index is 12.2. The van der Waals surface area contributed by atoms with E-state index in [1.807, 2.05) is 42.5 Å². The van der Waals surface area contributed by atoms with Gasteiger partial charge in [-0.15, -0.1) is 0 Å². The second kappa shape index (κ2) is 8.42. The molecule has 0 saturated carbocycles. The van der Waals surface area contributed by atoms with Crippen LogP contribution in [0.3, 0.4) is 0 Å². The molecule has 0 spiro atoms. The monoisotopic (exact) mass is 363 g/mol. The van der Waals surface area contributed by atoms with Crippen molar-refractivity contribution in [3.8, 4) is 0 Å². The molecule has 0 aliphatic heterocycles. The number of nitrogens with two attached hydrogens (primary N) is 1. The predicted octanol–water partition coefficient (Wildman–Crippen LogP) is 1.63. The van der Waals surface area contributed by atoms with Gasteiger partial charge in [-0.2, -0.15) is 0 Å². The van der Waals surface area contributed by atoms with Gasteiger partial charge in [-0.25, -0.2) is 12.7 Å². The molecule has 2 aromatic rings. The van der Waals surface area contributed by atoms with Gasteiger partial charge in [0.15, 0.2) is 0 Å². The lowest BCUT2D eigenvalue weighted by Crippen LogP contribution is -2.41. The molecule has 2 aromatic carbocycles. The first kappa shape index (κ1) is 19.4. The third-order valence-electron chi connectivity index (χ3n) is 4.16. The van der Waals surface area contributed by atoms with E-state index in [4.69, 9.17) is 5.73 Å². The van der Waals surface area contributed by atoms with Gasteiger partial charge >= 0.3 is 0 Å². The zero-order valence-electron chi connectivity index (χ0n) is 14.6. The topological polar surface area (TPSA) is 92.5 Å². The molecule has 6 nitrogen and oxygen atoms in total. The van der Waals surface area contributed by atoms with Gasteiger partial charge in [-0.05, 0) is 22.4 Å². The van der Waals surface area contributed by atoms with Crippen LogP contribution >= 0.6 is 0 Å². The van der Waals surface area contributed by atoms with E-state index in [9.17, 15) is 13.2 Å². The van der Waals surface area contributed by atoms with Gasteiger partial charge in [0, 0.05) is 19.6 Å². The number of rotatable bonds is 8. The lowest BCUT2D eigenvalue weighted by atomic mass is 10.0. The van der Waals surface area contributed by atoms with Crippen molar-refractivity contribution in [3.63, 3.8) is 0 Å². The Morgan fingerprint density at radius 3 is 2.36 bits per heavy atom. The molecule has 0 aliphatic rings. The Morgan fingerprint density at radius 2 is 1.76 bits per heavy atom. The fourth-order valence-corrected chi connectivity index (χ4v) is 4.20. The van der Waals surface area contributed by atoms with Crippen molar-refractivity contribution >= 4 is 26.7 Å². The van der Waals surface area contributed by atoms with E-state index in [1.165, 1.54) is 4.31 Å². The van der Waals surface area contributed by atoms with Crippen LogP contribution in [-0.4, -0.2) is 44.0 Å². The van der Waals surface area contributed by atoms with E-state index in [0.717, 1.165) is 16.3 Å². The first-order valence-corrected chi connectivity index (χ1v) is 9.98. The van der Waals surface area contributed by atoms with Crippen LogP contribution in [0.25, 0.3) is 10.8 Å². The molecule has 1 atom stereocenters. The molecule has 0 aliphatic carbocycles. The summed E-state index contributed by atoms with van der Waals surface area (Å²) in [6.45, 7) is 4.37. The molecule has 0 fully saturated rings. The van der Waals surface area contributed by atoms with Gasteiger partial charge in [0.05, 0.1) is 6.04 Å². The summed E-state index contributed by atoms with van der Waals surface area (Å²) in [6, 6.07) is 13.3. The van der Waals surface area contributed by atoms with Crippen LogP contribution in [0.15, 0.2) is 42.5 Å². The second-order valence-electron chi connectivity index (χ2n) is 5.80. The molecule has 7 heteroatoms. The van der Waals surface area contributed by atoms with Gasteiger partial charge in [-0.3, -0.25) is 4.79 Å². The molecule has 1 unspecified atom stereocenters. The minimum absolute atomic E-state index is 0.190. The fourth-order valence-electron chi connectivity index (χ4n) is 2.81. The van der Waals surface area contributed by atoms with Crippen LogP contribution < -0.4 is 11.1 Å². The number of carbonyl (C=O) groups excluding carboxylic acids is 1. The molecular formula is C18H25N3O3S. The molecule has 25 heavy (non-hydrogen) atoms. The van der Waals surface area contributed by atoms with Crippen molar-refractivity contribution in [2.45, 2.75) is 19.9 Å². The van der Waals surface area contributed by atoms with E-state index in [1.54, 1.807) is 13.8 Å². The first-order valence-electron chi connectivity index (χ1n) is 8.37. The van der Waals surface area contributed by atoms with Crippen molar-refractivity contribution in [1.82, 2.24) is 9.62 Å². The van der Waals surface area contributed by atoms with Crippen LogP contribution in [-0.2, 0) is 14.8 Å². The molecule has 0 aromatic heterocycles. The van der Waals surface area contributed by atoms with E-state index in [2.05, 4.69) is 5.32 Å². The van der Waals surface area contributed by atoms with Crippen LogP contribution in [0, 0.1) is 0 Å². The summed E-state index contributed by atoms with van der Waals surface area (Å²) in [4.78, 5) is 12.2. The molecule has 2 rings (SSSR count). The van der Waals surface area contributed by atoms with Crippen LogP contribution in [0.5, 0.6) is 0 Å². The lowest BCUT2D eigenvalue weighted by Gasteiger charge is -2.21. The largest absolute Gasteiger partial charge is 0.347 e. The third kappa shape index (κ3) is 4.78. The van der Waals surface area contributed by atoms with Crippen molar-refractivity contribution < 1.29 is 13.2 Å². The number of amides is 1. The first-order chi connectivity index (χ1) is 11.9. The Kier molecular flexibility index (Phi) is 6.52. The zero-order valence-corrected chi connectivity index (χ0v) is 15.4. The average molecular weight is 363 g/mol. The number of hydrogen-bond acceptors (Lipinski definition) is 4. The Balaban J connectivity index is 2.14. The van der Waals surface area contributed by atoms with Crippen molar-refractivity contribution in [3.05, 3.63) is 48.0 Å². The number of fused-ring (bicyclic) bond motifs is 1. The molecule has 0 saturated heterocycles. The summed E-state index contributed by atoms with van der Waals surface area (Å²) >= 11 is 0.